The van der Waals surface area contributed by atoms with E-state index in [9.17, 15) is 4.79 Å². The van der Waals surface area contributed by atoms with Gasteiger partial charge >= 0.3 is 0 Å². The number of amides is 1. The van der Waals surface area contributed by atoms with Crippen LogP contribution in [0.25, 0.3) is 11.2 Å². The molecule has 1 amide bonds. The third-order valence-electron chi connectivity index (χ3n) is 3.67. The Kier molecular flexibility index (Phi) is 3.61. The van der Waals surface area contributed by atoms with Gasteiger partial charge in [-0.25, -0.2) is 9.97 Å². The molecule has 1 aliphatic heterocycles. The molecule has 1 N–H and O–H groups in total. The maximum absolute atomic E-state index is 11.3. The maximum atomic E-state index is 11.3. The van der Waals surface area contributed by atoms with Crippen molar-refractivity contribution >= 4 is 28.7 Å². The predicted molar refractivity (Wildman–Crippen MR) is 78.0 cm³/mol. The average Bonchev–Trinajstić information content (AvgIpc) is 2.78. The zero-order valence-electron chi connectivity index (χ0n) is 11.4. The Hall–Kier alpha value is -1.62. The van der Waals surface area contributed by atoms with Crippen LogP contribution in [0.15, 0.2) is 12.1 Å². The number of rotatable bonds is 3. The number of imidazole rings is 1. The van der Waals surface area contributed by atoms with E-state index in [1.54, 1.807) is 0 Å². The zero-order valence-corrected chi connectivity index (χ0v) is 12.2. The molecule has 0 spiro atoms. The molecule has 0 aliphatic carbocycles. The molecule has 0 bridgehead atoms. The molecular formula is C14H17ClN4O. The number of carbonyl (C=O) groups excluding carboxylic acids is 1. The standard InChI is InChI=1S/C14H17ClN4O/c1-9-2-4-11-14(17-9)19(12(18-11)6-7-15)10-3-5-13(20)16-8-10/h2,4,10H,3,5-8H2,1H3,(H,16,20). The number of halogens is 1. The molecule has 2 aromatic rings. The van der Waals surface area contributed by atoms with Crippen LogP contribution >= 0.6 is 11.6 Å². The molecule has 1 atom stereocenters. The second kappa shape index (κ2) is 5.40. The van der Waals surface area contributed by atoms with E-state index < -0.39 is 0 Å². The van der Waals surface area contributed by atoms with Crippen LogP contribution in [0, 0.1) is 6.92 Å². The Morgan fingerprint density at radius 1 is 1.45 bits per heavy atom. The first-order valence-corrected chi connectivity index (χ1v) is 7.39. The third kappa shape index (κ3) is 2.38. The molecule has 2 aromatic heterocycles. The van der Waals surface area contributed by atoms with Crippen molar-refractivity contribution in [1.82, 2.24) is 19.9 Å². The van der Waals surface area contributed by atoms with E-state index in [-0.39, 0.29) is 11.9 Å². The van der Waals surface area contributed by atoms with Gasteiger partial charge in [-0.05, 0) is 25.5 Å². The molecule has 1 aliphatic rings. The van der Waals surface area contributed by atoms with Crippen molar-refractivity contribution in [3.63, 3.8) is 0 Å². The van der Waals surface area contributed by atoms with Crippen molar-refractivity contribution in [1.29, 1.82) is 0 Å². The van der Waals surface area contributed by atoms with Crippen molar-refractivity contribution in [2.24, 2.45) is 0 Å². The summed E-state index contributed by atoms with van der Waals surface area (Å²) < 4.78 is 2.16. The van der Waals surface area contributed by atoms with Gasteiger partial charge in [-0.1, -0.05) is 0 Å². The van der Waals surface area contributed by atoms with Crippen LogP contribution in [0.2, 0.25) is 0 Å². The van der Waals surface area contributed by atoms with Gasteiger partial charge in [0.05, 0.1) is 6.04 Å². The fraction of sp³-hybridized carbons (Fsp3) is 0.500. The number of piperidine rings is 1. The lowest BCUT2D eigenvalue weighted by molar-refractivity contribution is -0.122. The fourth-order valence-corrected chi connectivity index (χ4v) is 2.87. The summed E-state index contributed by atoms with van der Waals surface area (Å²) in [5.41, 5.74) is 2.76. The minimum absolute atomic E-state index is 0.119. The minimum atomic E-state index is 0.119. The number of pyridine rings is 1. The van der Waals surface area contributed by atoms with Crippen LogP contribution in [0.3, 0.4) is 0 Å². The number of aryl methyl sites for hydroxylation is 2. The molecule has 3 heterocycles. The van der Waals surface area contributed by atoms with Gasteiger partial charge in [0.2, 0.25) is 5.91 Å². The van der Waals surface area contributed by atoms with Crippen molar-refractivity contribution < 1.29 is 4.79 Å². The van der Waals surface area contributed by atoms with Gasteiger partial charge in [0.1, 0.15) is 11.3 Å². The van der Waals surface area contributed by atoms with E-state index in [1.807, 2.05) is 19.1 Å². The van der Waals surface area contributed by atoms with Crippen molar-refractivity contribution in [3.05, 3.63) is 23.7 Å². The summed E-state index contributed by atoms with van der Waals surface area (Å²) >= 11 is 5.89. The van der Waals surface area contributed by atoms with Gasteiger partial charge in [-0.15, -0.1) is 11.6 Å². The number of aromatic nitrogens is 3. The van der Waals surface area contributed by atoms with E-state index in [0.717, 1.165) is 29.1 Å². The SMILES string of the molecule is Cc1ccc2nc(CCCl)n(C3CCC(=O)NC3)c2n1. The van der Waals surface area contributed by atoms with E-state index in [2.05, 4.69) is 19.9 Å². The molecule has 20 heavy (non-hydrogen) atoms. The molecule has 0 radical (unpaired) electrons. The van der Waals surface area contributed by atoms with Crippen LogP contribution in [0.1, 0.15) is 30.4 Å². The average molecular weight is 293 g/mol. The normalized spacial score (nSPS) is 19.3. The first-order chi connectivity index (χ1) is 9.69. The summed E-state index contributed by atoms with van der Waals surface area (Å²) in [6.45, 7) is 2.61. The summed E-state index contributed by atoms with van der Waals surface area (Å²) in [5, 5.41) is 2.92. The molecule has 5 nitrogen and oxygen atoms in total. The third-order valence-corrected chi connectivity index (χ3v) is 3.86. The van der Waals surface area contributed by atoms with Gasteiger partial charge in [-0.3, -0.25) is 4.79 Å². The summed E-state index contributed by atoms with van der Waals surface area (Å²) in [6, 6.07) is 4.17. The highest BCUT2D eigenvalue weighted by atomic mass is 35.5. The number of alkyl halides is 1. The van der Waals surface area contributed by atoms with E-state index in [0.29, 0.717) is 25.3 Å². The molecule has 0 saturated carbocycles. The van der Waals surface area contributed by atoms with E-state index in [1.165, 1.54) is 0 Å². The van der Waals surface area contributed by atoms with Crippen LogP contribution in [0.4, 0.5) is 0 Å². The Labute approximate surface area is 122 Å². The quantitative estimate of drug-likeness (QED) is 0.880. The lowest BCUT2D eigenvalue weighted by atomic mass is 10.1. The van der Waals surface area contributed by atoms with Gasteiger partial charge in [-0.2, -0.15) is 0 Å². The summed E-state index contributed by atoms with van der Waals surface area (Å²) in [4.78, 5) is 20.6. The van der Waals surface area contributed by atoms with Crippen LogP contribution in [-0.2, 0) is 11.2 Å². The number of nitrogens with one attached hydrogen (secondary N) is 1. The summed E-state index contributed by atoms with van der Waals surface area (Å²) in [5.74, 6) is 1.60. The largest absolute Gasteiger partial charge is 0.354 e. The van der Waals surface area contributed by atoms with Gasteiger partial charge in [0, 0.05) is 31.0 Å². The smallest absolute Gasteiger partial charge is 0.220 e. The second-order valence-electron chi connectivity index (χ2n) is 5.13. The Morgan fingerprint density at radius 3 is 3.00 bits per heavy atom. The maximum Gasteiger partial charge on any atom is 0.220 e. The Bertz CT molecular complexity index is 642. The van der Waals surface area contributed by atoms with Crippen LogP contribution in [0.5, 0.6) is 0 Å². The molecule has 3 rings (SSSR count). The Balaban J connectivity index is 2.07. The van der Waals surface area contributed by atoms with Gasteiger partial charge in [0.25, 0.3) is 0 Å². The number of carbonyl (C=O) groups is 1. The molecule has 1 fully saturated rings. The van der Waals surface area contributed by atoms with Crippen molar-refractivity contribution in [2.75, 3.05) is 12.4 Å². The van der Waals surface area contributed by atoms with E-state index >= 15 is 0 Å². The monoisotopic (exact) mass is 292 g/mol. The number of hydrogen-bond donors (Lipinski definition) is 1. The van der Waals surface area contributed by atoms with Crippen LogP contribution in [-0.4, -0.2) is 32.9 Å². The first-order valence-electron chi connectivity index (χ1n) is 6.86. The molecule has 1 unspecified atom stereocenters. The number of hydrogen-bond acceptors (Lipinski definition) is 3. The predicted octanol–water partition coefficient (Wildman–Crippen LogP) is 1.97. The highest BCUT2D eigenvalue weighted by Gasteiger charge is 2.24. The lowest BCUT2D eigenvalue weighted by Gasteiger charge is -2.25. The number of fused-ring (bicyclic) bond motifs is 1. The lowest BCUT2D eigenvalue weighted by Crippen LogP contribution is -2.36. The molecular weight excluding hydrogens is 276 g/mol. The van der Waals surface area contributed by atoms with Gasteiger partial charge < -0.3 is 9.88 Å². The highest BCUT2D eigenvalue weighted by molar-refractivity contribution is 6.17. The molecule has 1 saturated heterocycles. The van der Waals surface area contributed by atoms with E-state index in [4.69, 9.17) is 11.6 Å². The molecule has 0 aromatic carbocycles. The van der Waals surface area contributed by atoms with Crippen molar-refractivity contribution in [2.45, 2.75) is 32.2 Å². The highest BCUT2D eigenvalue weighted by Crippen LogP contribution is 2.25. The van der Waals surface area contributed by atoms with Crippen LogP contribution < -0.4 is 5.32 Å². The zero-order chi connectivity index (χ0) is 14.1. The topological polar surface area (TPSA) is 59.8 Å². The van der Waals surface area contributed by atoms with Crippen molar-refractivity contribution in [3.8, 4) is 0 Å². The Morgan fingerprint density at radius 2 is 2.30 bits per heavy atom. The summed E-state index contributed by atoms with van der Waals surface area (Å²) in [7, 11) is 0. The summed E-state index contributed by atoms with van der Waals surface area (Å²) in [6.07, 6.45) is 2.08. The van der Waals surface area contributed by atoms with Gasteiger partial charge in [0.15, 0.2) is 5.65 Å². The minimum Gasteiger partial charge on any atom is -0.354 e. The second-order valence-corrected chi connectivity index (χ2v) is 5.51. The molecule has 6 heteroatoms. The first kappa shape index (κ1) is 13.4. The number of nitrogens with zero attached hydrogens (tertiary/aromatic N) is 3. The molecule has 106 valence electrons. The fourth-order valence-electron chi connectivity index (χ4n) is 2.70.